The van der Waals surface area contributed by atoms with Gasteiger partial charge in [-0.05, 0) is 13.0 Å². The van der Waals surface area contributed by atoms with Crippen molar-refractivity contribution in [3.8, 4) is 0 Å². The number of hydrogen-bond acceptors (Lipinski definition) is 3. The quantitative estimate of drug-likeness (QED) is 0.597. The van der Waals surface area contributed by atoms with Crippen LogP contribution in [0.15, 0.2) is 47.3 Å². The molecule has 3 heteroatoms. The van der Waals surface area contributed by atoms with Crippen LogP contribution < -0.4 is 0 Å². The van der Waals surface area contributed by atoms with Crippen LogP contribution in [0.4, 0.5) is 0 Å². The summed E-state index contributed by atoms with van der Waals surface area (Å²) in [7, 11) is 0. The molecular weight excluding hydrogens is 216 g/mol. The zero-order valence-corrected chi connectivity index (χ0v) is 9.47. The average molecular weight is 228 g/mol. The van der Waals surface area contributed by atoms with Crippen molar-refractivity contribution >= 4 is 11.6 Å². The fourth-order valence-electron chi connectivity index (χ4n) is 1.51. The van der Waals surface area contributed by atoms with E-state index in [1.54, 1.807) is 18.2 Å². The molecule has 0 radical (unpaired) electrons. The molecule has 0 saturated carbocycles. The molecule has 0 aliphatic heterocycles. The first-order valence-electron chi connectivity index (χ1n) is 5.32. The number of ketones is 2. The van der Waals surface area contributed by atoms with E-state index in [1.807, 2.05) is 19.1 Å². The molecule has 2 rings (SSSR count). The number of rotatable bonds is 4. The molecule has 0 aliphatic carbocycles. The van der Waals surface area contributed by atoms with E-state index < -0.39 is 0 Å². The van der Waals surface area contributed by atoms with Crippen LogP contribution in [0.3, 0.4) is 0 Å². The van der Waals surface area contributed by atoms with Crippen molar-refractivity contribution in [1.82, 2.24) is 0 Å². The minimum Gasteiger partial charge on any atom is -0.472 e. The molecule has 2 aromatic rings. The lowest BCUT2D eigenvalue weighted by molar-refractivity contribution is 0.0894. The van der Waals surface area contributed by atoms with E-state index in [9.17, 15) is 9.59 Å². The maximum Gasteiger partial charge on any atom is 0.173 e. The normalized spacial score (nSPS) is 10.2. The van der Waals surface area contributed by atoms with E-state index in [0.717, 1.165) is 5.56 Å². The molecule has 0 spiro atoms. The van der Waals surface area contributed by atoms with Gasteiger partial charge in [-0.1, -0.05) is 29.8 Å². The number of carbonyl (C=O) groups is 2. The van der Waals surface area contributed by atoms with Gasteiger partial charge in [0.2, 0.25) is 0 Å². The van der Waals surface area contributed by atoms with E-state index in [1.165, 1.54) is 12.5 Å². The van der Waals surface area contributed by atoms with Crippen molar-refractivity contribution in [2.75, 3.05) is 0 Å². The minimum absolute atomic E-state index is 0.122. The first-order chi connectivity index (χ1) is 8.16. The summed E-state index contributed by atoms with van der Waals surface area (Å²) < 4.78 is 4.81. The van der Waals surface area contributed by atoms with Crippen LogP contribution in [0.1, 0.15) is 32.7 Å². The second kappa shape index (κ2) is 4.78. The van der Waals surface area contributed by atoms with Crippen LogP contribution in [0.25, 0.3) is 0 Å². The Bertz CT molecular complexity index is 521. The van der Waals surface area contributed by atoms with E-state index >= 15 is 0 Å². The zero-order valence-electron chi connectivity index (χ0n) is 9.47. The molecule has 86 valence electrons. The van der Waals surface area contributed by atoms with E-state index in [0.29, 0.717) is 11.1 Å². The molecule has 1 heterocycles. The molecule has 0 amide bonds. The predicted octanol–water partition coefficient (Wildman–Crippen LogP) is 3.04. The van der Waals surface area contributed by atoms with Crippen molar-refractivity contribution in [3.63, 3.8) is 0 Å². The van der Waals surface area contributed by atoms with Gasteiger partial charge in [0.25, 0.3) is 0 Å². The Labute approximate surface area is 99.1 Å². The molecular formula is C14H12O3. The molecule has 1 aromatic carbocycles. The second-order valence-electron chi connectivity index (χ2n) is 3.90. The Kier molecular flexibility index (Phi) is 3.19. The SMILES string of the molecule is Cc1ccc(C(=O)CC(=O)c2ccoc2)cc1. The molecule has 0 saturated heterocycles. The summed E-state index contributed by atoms with van der Waals surface area (Å²) in [4.78, 5) is 23.5. The van der Waals surface area contributed by atoms with Crippen LogP contribution in [-0.2, 0) is 0 Å². The number of benzene rings is 1. The first kappa shape index (κ1) is 11.3. The Balaban J connectivity index is 2.07. The van der Waals surface area contributed by atoms with Gasteiger partial charge in [-0.2, -0.15) is 0 Å². The lowest BCUT2D eigenvalue weighted by Gasteiger charge is -2.00. The van der Waals surface area contributed by atoms with Crippen LogP contribution in [0, 0.1) is 6.92 Å². The molecule has 17 heavy (non-hydrogen) atoms. The number of carbonyl (C=O) groups excluding carboxylic acids is 2. The fourth-order valence-corrected chi connectivity index (χ4v) is 1.51. The van der Waals surface area contributed by atoms with Gasteiger partial charge >= 0.3 is 0 Å². The van der Waals surface area contributed by atoms with Crippen LogP contribution in [0.2, 0.25) is 0 Å². The summed E-state index contributed by atoms with van der Waals surface area (Å²) in [6.45, 7) is 1.95. The van der Waals surface area contributed by atoms with Crippen molar-refractivity contribution in [1.29, 1.82) is 0 Å². The summed E-state index contributed by atoms with van der Waals surface area (Å²) in [6.07, 6.45) is 2.65. The van der Waals surface area contributed by atoms with E-state index in [-0.39, 0.29) is 18.0 Å². The van der Waals surface area contributed by atoms with E-state index in [4.69, 9.17) is 4.42 Å². The van der Waals surface area contributed by atoms with Gasteiger partial charge in [-0.3, -0.25) is 9.59 Å². The number of aryl methyl sites for hydroxylation is 1. The summed E-state index contributed by atoms with van der Waals surface area (Å²) in [5.74, 6) is -0.388. The van der Waals surface area contributed by atoms with Crippen LogP contribution in [-0.4, -0.2) is 11.6 Å². The van der Waals surface area contributed by atoms with Gasteiger partial charge in [0.1, 0.15) is 6.26 Å². The summed E-state index contributed by atoms with van der Waals surface area (Å²) in [5, 5.41) is 0. The van der Waals surface area contributed by atoms with Crippen LogP contribution in [0.5, 0.6) is 0 Å². The highest BCUT2D eigenvalue weighted by Gasteiger charge is 2.14. The topological polar surface area (TPSA) is 47.3 Å². The molecule has 0 bridgehead atoms. The van der Waals surface area contributed by atoms with Gasteiger partial charge < -0.3 is 4.42 Å². The summed E-state index contributed by atoms with van der Waals surface area (Å²) >= 11 is 0. The monoisotopic (exact) mass is 228 g/mol. The second-order valence-corrected chi connectivity index (χ2v) is 3.90. The number of hydrogen-bond donors (Lipinski definition) is 0. The molecule has 3 nitrogen and oxygen atoms in total. The molecule has 1 aromatic heterocycles. The average Bonchev–Trinajstić information content (AvgIpc) is 2.83. The summed E-state index contributed by atoms with van der Waals surface area (Å²) in [5.41, 5.74) is 2.08. The lowest BCUT2D eigenvalue weighted by atomic mass is 10.0. The van der Waals surface area contributed by atoms with Gasteiger partial charge in [0.15, 0.2) is 11.6 Å². The molecule has 0 aliphatic rings. The number of furan rings is 1. The van der Waals surface area contributed by atoms with Gasteiger partial charge in [-0.25, -0.2) is 0 Å². The molecule has 0 N–H and O–H groups in total. The highest BCUT2D eigenvalue weighted by Crippen LogP contribution is 2.10. The zero-order chi connectivity index (χ0) is 12.3. The largest absolute Gasteiger partial charge is 0.472 e. The van der Waals surface area contributed by atoms with Gasteiger partial charge in [0, 0.05) is 5.56 Å². The summed E-state index contributed by atoms with van der Waals surface area (Å²) in [6, 6.07) is 8.75. The Morgan fingerprint density at radius 2 is 1.65 bits per heavy atom. The standard InChI is InChI=1S/C14H12O3/c1-10-2-4-11(5-3-10)13(15)8-14(16)12-6-7-17-9-12/h2-7,9H,8H2,1H3. The Morgan fingerprint density at radius 3 is 2.24 bits per heavy atom. The third-order valence-corrected chi connectivity index (χ3v) is 2.54. The Hall–Kier alpha value is -2.16. The van der Waals surface area contributed by atoms with Crippen molar-refractivity contribution < 1.29 is 14.0 Å². The molecule has 0 unspecified atom stereocenters. The first-order valence-corrected chi connectivity index (χ1v) is 5.32. The third-order valence-electron chi connectivity index (χ3n) is 2.54. The van der Waals surface area contributed by atoms with Crippen molar-refractivity contribution in [3.05, 3.63) is 59.5 Å². The number of Topliss-reactive ketones (excluding diaryl/α,β-unsaturated/α-hetero) is 2. The smallest absolute Gasteiger partial charge is 0.173 e. The van der Waals surface area contributed by atoms with E-state index in [2.05, 4.69) is 0 Å². The maximum atomic E-state index is 11.8. The van der Waals surface area contributed by atoms with Crippen LogP contribution >= 0.6 is 0 Å². The predicted molar refractivity (Wildman–Crippen MR) is 63.2 cm³/mol. The molecule has 0 atom stereocenters. The van der Waals surface area contributed by atoms with Gasteiger partial charge in [-0.15, -0.1) is 0 Å². The lowest BCUT2D eigenvalue weighted by Crippen LogP contribution is -2.07. The molecule has 0 fully saturated rings. The van der Waals surface area contributed by atoms with Gasteiger partial charge in [0.05, 0.1) is 18.2 Å². The van der Waals surface area contributed by atoms with Crippen molar-refractivity contribution in [2.24, 2.45) is 0 Å². The minimum atomic E-state index is -0.218. The third kappa shape index (κ3) is 2.69. The van der Waals surface area contributed by atoms with Crippen molar-refractivity contribution in [2.45, 2.75) is 13.3 Å². The highest BCUT2D eigenvalue weighted by atomic mass is 16.3. The highest BCUT2D eigenvalue weighted by molar-refractivity contribution is 6.13. The Morgan fingerprint density at radius 1 is 1.00 bits per heavy atom. The fraction of sp³-hybridized carbons (Fsp3) is 0.143. The maximum absolute atomic E-state index is 11.8.